The van der Waals surface area contributed by atoms with Crippen LogP contribution in [0.15, 0.2) is 35.5 Å². The maximum atomic E-state index is 13.7. The van der Waals surface area contributed by atoms with Crippen LogP contribution in [0.2, 0.25) is 0 Å². The molecule has 0 radical (unpaired) electrons. The van der Waals surface area contributed by atoms with E-state index in [1.54, 1.807) is 22.8 Å². The summed E-state index contributed by atoms with van der Waals surface area (Å²) in [5.41, 5.74) is 0.463. The van der Waals surface area contributed by atoms with Crippen molar-refractivity contribution < 1.29 is 12.8 Å². The fourth-order valence-electron chi connectivity index (χ4n) is 1.92. The molecule has 2 rings (SSSR count). The third-order valence-electron chi connectivity index (χ3n) is 2.85. The van der Waals surface area contributed by atoms with E-state index in [-0.39, 0.29) is 23.3 Å². The van der Waals surface area contributed by atoms with Gasteiger partial charge in [0.05, 0.1) is 6.54 Å². The standard InChI is InChI=1S/C13H14ClFN2O2S/c1-9(2)13-16-12(20(14,18)19)8-17(13)7-10-5-3-4-6-11(10)15/h3-6,8-9H,7H2,1-2H3. The average molecular weight is 317 g/mol. The van der Waals surface area contributed by atoms with Crippen molar-refractivity contribution in [3.63, 3.8) is 0 Å². The molecule has 7 heteroatoms. The Hall–Kier alpha value is -1.40. The lowest BCUT2D eigenvalue weighted by Crippen LogP contribution is -2.07. The quantitative estimate of drug-likeness (QED) is 0.814. The molecule has 0 saturated heterocycles. The second-order valence-electron chi connectivity index (χ2n) is 4.75. The second-order valence-corrected chi connectivity index (χ2v) is 7.26. The Labute approximate surface area is 121 Å². The average Bonchev–Trinajstić information content (AvgIpc) is 2.76. The summed E-state index contributed by atoms with van der Waals surface area (Å²) in [5, 5.41) is -0.209. The lowest BCUT2D eigenvalue weighted by atomic mass is 10.2. The fraction of sp³-hybridized carbons (Fsp3) is 0.308. The molecule has 2 aromatic rings. The molecule has 0 fully saturated rings. The SMILES string of the molecule is CC(C)c1nc(S(=O)(=O)Cl)cn1Cc1ccccc1F. The van der Waals surface area contributed by atoms with Gasteiger partial charge in [0.15, 0.2) is 5.03 Å². The summed E-state index contributed by atoms with van der Waals surface area (Å²) in [5.74, 6) is 0.201. The van der Waals surface area contributed by atoms with Gasteiger partial charge in [-0.05, 0) is 6.07 Å². The van der Waals surface area contributed by atoms with Crippen LogP contribution >= 0.6 is 10.7 Å². The first kappa shape index (κ1) is 15.0. The number of hydrogen-bond donors (Lipinski definition) is 0. The number of benzene rings is 1. The first-order valence-electron chi connectivity index (χ1n) is 6.04. The van der Waals surface area contributed by atoms with Crippen molar-refractivity contribution in [2.45, 2.75) is 31.3 Å². The summed E-state index contributed by atoms with van der Waals surface area (Å²) in [4.78, 5) is 4.03. The van der Waals surface area contributed by atoms with Crippen LogP contribution in [0.25, 0.3) is 0 Å². The van der Waals surface area contributed by atoms with E-state index in [1.165, 1.54) is 12.3 Å². The van der Waals surface area contributed by atoms with E-state index < -0.39 is 9.05 Å². The van der Waals surface area contributed by atoms with E-state index in [0.717, 1.165) is 0 Å². The number of imidazole rings is 1. The predicted octanol–water partition coefficient (Wildman–Crippen LogP) is 3.12. The van der Waals surface area contributed by atoms with Gasteiger partial charge in [-0.1, -0.05) is 32.0 Å². The number of halogens is 2. The van der Waals surface area contributed by atoms with Crippen LogP contribution in [0.4, 0.5) is 4.39 Å². The molecule has 108 valence electrons. The normalized spacial score (nSPS) is 12.1. The summed E-state index contributed by atoms with van der Waals surface area (Å²) in [6.07, 6.45) is 1.34. The molecular formula is C13H14ClFN2O2S. The van der Waals surface area contributed by atoms with Crippen LogP contribution in [0.5, 0.6) is 0 Å². The van der Waals surface area contributed by atoms with Crippen molar-refractivity contribution in [2.24, 2.45) is 0 Å². The molecule has 0 N–H and O–H groups in total. The largest absolute Gasteiger partial charge is 0.329 e. The van der Waals surface area contributed by atoms with Crippen molar-refractivity contribution in [2.75, 3.05) is 0 Å². The molecule has 20 heavy (non-hydrogen) atoms. The molecule has 1 aromatic carbocycles. The zero-order valence-electron chi connectivity index (χ0n) is 11.0. The number of aromatic nitrogens is 2. The van der Waals surface area contributed by atoms with Crippen molar-refractivity contribution in [3.05, 3.63) is 47.7 Å². The van der Waals surface area contributed by atoms with E-state index in [2.05, 4.69) is 4.98 Å². The Morgan fingerprint density at radius 2 is 2.00 bits per heavy atom. The zero-order valence-corrected chi connectivity index (χ0v) is 12.6. The van der Waals surface area contributed by atoms with Gasteiger partial charge in [-0.15, -0.1) is 0 Å². The van der Waals surface area contributed by atoms with E-state index in [1.807, 2.05) is 13.8 Å². The molecule has 0 unspecified atom stereocenters. The lowest BCUT2D eigenvalue weighted by Gasteiger charge is -2.10. The molecule has 1 heterocycles. The van der Waals surface area contributed by atoms with Crippen LogP contribution in [0, 0.1) is 5.82 Å². The molecule has 1 aromatic heterocycles. The Morgan fingerprint density at radius 1 is 1.35 bits per heavy atom. The minimum atomic E-state index is -3.89. The molecule has 4 nitrogen and oxygen atoms in total. The first-order valence-corrected chi connectivity index (χ1v) is 8.35. The summed E-state index contributed by atoms with van der Waals surface area (Å²) in [6.45, 7) is 3.97. The van der Waals surface area contributed by atoms with Gasteiger partial charge >= 0.3 is 0 Å². The van der Waals surface area contributed by atoms with E-state index in [4.69, 9.17) is 10.7 Å². The van der Waals surface area contributed by atoms with Crippen molar-refractivity contribution in [1.29, 1.82) is 0 Å². The number of rotatable bonds is 4. The van der Waals surface area contributed by atoms with E-state index >= 15 is 0 Å². The molecule has 0 amide bonds. The van der Waals surface area contributed by atoms with Crippen molar-refractivity contribution in [3.8, 4) is 0 Å². The molecule has 0 saturated carbocycles. The minimum absolute atomic E-state index is 0.00561. The molecular weight excluding hydrogens is 303 g/mol. The van der Waals surface area contributed by atoms with Gasteiger partial charge in [-0.3, -0.25) is 0 Å². The fourth-order valence-corrected chi connectivity index (χ4v) is 2.60. The number of nitrogens with zero attached hydrogens (tertiary/aromatic N) is 2. The molecule has 0 spiro atoms. The third kappa shape index (κ3) is 3.19. The van der Waals surface area contributed by atoms with Crippen LogP contribution < -0.4 is 0 Å². The molecule has 0 atom stereocenters. The molecule has 0 aliphatic carbocycles. The monoisotopic (exact) mass is 316 g/mol. The smallest absolute Gasteiger partial charge is 0.280 e. The van der Waals surface area contributed by atoms with Crippen LogP contribution in [-0.4, -0.2) is 18.0 Å². The van der Waals surface area contributed by atoms with E-state index in [0.29, 0.717) is 11.4 Å². The van der Waals surface area contributed by atoms with Gasteiger partial charge < -0.3 is 4.57 Å². The topological polar surface area (TPSA) is 52.0 Å². The maximum absolute atomic E-state index is 13.7. The summed E-state index contributed by atoms with van der Waals surface area (Å²) in [6, 6.07) is 6.34. The van der Waals surface area contributed by atoms with Crippen LogP contribution in [-0.2, 0) is 15.6 Å². The Kier molecular flexibility index (Phi) is 4.15. The Morgan fingerprint density at radius 3 is 2.55 bits per heavy atom. The molecule has 0 aliphatic rings. The highest BCUT2D eigenvalue weighted by Gasteiger charge is 2.20. The summed E-state index contributed by atoms with van der Waals surface area (Å²) in [7, 11) is 1.41. The molecule has 0 aliphatic heterocycles. The number of hydrogen-bond acceptors (Lipinski definition) is 3. The van der Waals surface area contributed by atoms with Gasteiger partial charge in [0, 0.05) is 28.4 Å². The predicted molar refractivity (Wildman–Crippen MR) is 74.9 cm³/mol. The highest BCUT2D eigenvalue weighted by molar-refractivity contribution is 8.13. The van der Waals surface area contributed by atoms with Gasteiger partial charge in [-0.2, -0.15) is 0 Å². The van der Waals surface area contributed by atoms with Gasteiger partial charge in [0.25, 0.3) is 9.05 Å². The van der Waals surface area contributed by atoms with Gasteiger partial charge in [0.1, 0.15) is 11.6 Å². The van der Waals surface area contributed by atoms with E-state index in [9.17, 15) is 12.8 Å². The van der Waals surface area contributed by atoms with Crippen molar-refractivity contribution in [1.82, 2.24) is 9.55 Å². The maximum Gasteiger partial charge on any atom is 0.280 e. The van der Waals surface area contributed by atoms with Gasteiger partial charge in [0.2, 0.25) is 0 Å². The first-order chi connectivity index (χ1) is 9.29. The highest BCUT2D eigenvalue weighted by Crippen LogP contribution is 2.21. The summed E-state index contributed by atoms with van der Waals surface area (Å²) >= 11 is 0. The minimum Gasteiger partial charge on any atom is -0.329 e. The third-order valence-corrected chi connectivity index (χ3v) is 4.02. The van der Waals surface area contributed by atoms with Crippen molar-refractivity contribution >= 4 is 19.7 Å². The van der Waals surface area contributed by atoms with Gasteiger partial charge in [-0.25, -0.2) is 17.8 Å². The Balaban J connectivity index is 2.46. The zero-order chi connectivity index (χ0) is 14.9. The lowest BCUT2D eigenvalue weighted by molar-refractivity contribution is 0.588. The second kappa shape index (κ2) is 5.54. The van der Waals surface area contributed by atoms with Crippen LogP contribution in [0.1, 0.15) is 31.2 Å². The summed E-state index contributed by atoms with van der Waals surface area (Å²) < 4.78 is 38.0. The van der Waals surface area contributed by atoms with Crippen LogP contribution in [0.3, 0.4) is 0 Å². The molecule has 0 bridgehead atoms. The highest BCUT2D eigenvalue weighted by atomic mass is 35.7. The Bertz CT molecular complexity index is 726.